The molecule has 1 aromatic carbocycles. The van der Waals surface area contributed by atoms with Crippen molar-refractivity contribution >= 4 is 11.9 Å². The van der Waals surface area contributed by atoms with Crippen LogP contribution in [0.15, 0.2) is 53.3 Å². The van der Waals surface area contributed by atoms with Crippen molar-refractivity contribution in [2.75, 3.05) is 13.2 Å². The van der Waals surface area contributed by atoms with Crippen LogP contribution in [0.4, 0.5) is 0 Å². The van der Waals surface area contributed by atoms with Crippen molar-refractivity contribution in [1.82, 2.24) is 0 Å². The Labute approximate surface area is 199 Å². The van der Waals surface area contributed by atoms with Gasteiger partial charge in [0.15, 0.2) is 0 Å². The second-order valence-electron chi connectivity index (χ2n) is 8.15. The highest BCUT2D eigenvalue weighted by atomic mass is 16.5. The number of hydrogen-bond donors (Lipinski definition) is 0. The van der Waals surface area contributed by atoms with Crippen LogP contribution in [0.3, 0.4) is 0 Å². The van der Waals surface area contributed by atoms with Gasteiger partial charge < -0.3 is 13.9 Å². The number of carbonyl (C=O) groups is 2. The molecule has 0 N–H and O–H groups in total. The molecule has 0 aliphatic heterocycles. The number of hydrogen-bond acceptors (Lipinski definition) is 5. The van der Waals surface area contributed by atoms with Crippen molar-refractivity contribution < 1.29 is 23.5 Å². The maximum atomic E-state index is 12.4. The van der Waals surface area contributed by atoms with Crippen LogP contribution in [0.2, 0.25) is 0 Å². The molecule has 0 radical (unpaired) electrons. The van der Waals surface area contributed by atoms with Gasteiger partial charge in [0.05, 0.1) is 36.9 Å². The molecular formula is C28H42O5. The van der Waals surface area contributed by atoms with Gasteiger partial charge in [0.25, 0.3) is 0 Å². The smallest absolute Gasteiger partial charge is 0.339 e. The molecule has 2 rings (SSSR count). The quantitative estimate of drug-likeness (QED) is 0.188. The Morgan fingerprint density at radius 2 is 1.00 bits per heavy atom. The molecule has 2 aromatic rings. The van der Waals surface area contributed by atoms with Crippen molar-refractivity contribution in [2.24, 2.45) is 0 Å². The van der Waals surface area contributed by atoms with E-state index in [-0.39, 0.29) is 0 Å². The van der Waals surface area contributed by atoms with Crippen molar-refractivity contribution in [3.05, 3.63) is 60.1 Å². The number of rotatable bonds is 16. The predicted molar refractivity (Wildman–Crippen MR) is 132 cm³/mol. The van der Waals surface area contributed by atoms with E-state index in [0.29, 0.717) is 24.3 Å². The van der Waals surface area contributed by atoms with Crippen LogP contribution < -0.4 is 0 Å². The van der Waals surface area contributed by atoms with Gasteiger partial charge in [-0.05, 0) is 37.1 Å². The second kappa shape index (κ2) is 20.1. The molecule has 1 heterocycles. The minimum atomic E-state index is -0.444. The molecule has 5 heteroatoms. The van der Waals surface area contributed by atoms with Crippen LogP contribution in [-0.2, 0) is 9.47 Å². The van der Waals surface area contributed by atoms with E-state index in [1.165, 1.54) is 51.4 Å². The van der Waals surface area contributed by atoms with Gasteiger partial charge in [-0.2, -0.15) is 0 Å². The van der Waals surface area contributed by atoms with E-state index in [1.54, 1.807) is 36.8 Å². The van der Waals surface area contributed by atoms with Crippen molar-refractivity contribution in [2.45, 2.75) is 90.9 Å². The third-order valence-electron chi connectivity index (χ3n) is 5.25. The van der Waals surface area contributed by atoms with Crippen LogP contribution in [0.1, 0.15) is 112 Å². The molecule has 33 heavy (non-hydrogen) atoms. The normalized spacial score (nSPS) is 10.2. The van der Waals surface area contributed by atoms with Gasteiger partial charge in [-0.1, -0.05) is 90.2 Å². The number of unbranched alkanes of at least 4 members (excludes halogenated alkanes) is 10. The zero-order valence-corrected chi connectivity index (χ0v) is 20.6. The number of carbonyl (C=O) groups excluding carboxylic acids is 2. The third-order valence-corrected chi connectivity index (χ3v) is 5.25. The van der Waals surface area contributed by atoms with Crippen LogP contribution in [0, 0.1) is 0 Å². The maximum absolute atomic E-state index is 12.4. The Bertz CT molecular complexity index is 657. The molecule has 184 valence electrons. The molecule has 0 atom stereocenters. The van der Waals surface area contributed by atoms with Gasteiger partial charge >= 0.3 is 11.9 Å². The van der Waals surface area contributed by atoms with E-state index < -0.39 is 11.9 Å². The summed E-state index contributed by atoms with van der Waals surface area (Å²) in [4.78, 5) is 24.7. The Hall–Kier alpha value is -2.56. The first-order valence-electron chi connectivity index (χ1n) is 12.6. The highest BCUT2D eigenvalue weighted by Crippen LogP contribution is 2.14. The highest BCUT2D eigenvalue weighted by Gasteiger charge is 2.18. The SMILES string of the molecule is CCCCCCCCOC(=O)c1ccccc1C(=O)OCCCCCCCC.c1ccoc1. The molecule has 0 fully saturated rings. The lowest BCUT2D eigenvalue weighted by atomic mass is 10.1. The van der Waals surface area contributed by atoms with Gasteiger partial charge in [-0.25, -0.2) is 9.59 Å². The first-order chi connectivity index (χ1) is 16.2. The molecule has 1 aromatic heterocycles. The lowest BCUT2D eigenvalue weighted by molar-refractivity contribution is 0.0450. The summed E-state index contributed by atoms with van der Waals surface area (Å²) >= 11 is 0. The van der Waals surface area contributed by atoms with Crippen LogP contribution in [0.5, 0.6) is 0 Å². The van der Waals surface area contributed by atoms with E-state index >= 15 is 0 Å². The third kappa shape index (κ3) is 14.3. The molecule has 0 aliphatic carbocycles. The Kier molecular flexibility index (Phi) is 17.3. The van der Waals surface area contributed by atoms with Gasteiger partial charge in [-0.3, -0.25) is 0 Å². The average Bonchev–Trinajstić information content (AvgIpc) is 3.43. The Balaban J connectivity index is 0.000000953. The molecule has 5 nitrogen and oxygen atoms in total. The minimum absolute atomic E-state index is 0.293. The van der Waals surface area contributed by atoms with E-state index in [4.69, 9.17) is 9.47 Å². The highest BCUT2D eigenvalue weighted by molar-refractivity contribution is 6.03. The van der Waals surface area contributed by atoms with Crippen LogP contribution >= 0.6 is 0 Å². The first-order valence-corrected chi connectivity index (χ1v) is 12.6. The summed E-state index contributed by atoms with van der Waals surface area (Å²) in [5.41, 5.74) is 0.586. The van der Waals surface area contributed by atoms with E-state index in [9.17, 15) is 9.59 Å². The summed E-state index contributed by atoms with van der Waals surface area (Å²) in [6, 6.07) is 10.4. The van der Waals surface area contributed by atoms with Crippen molar-refractivity contribution in [3.63, 3.8) is 0 Å². The predicted octanol–water partition coefficient (Wildman–Crippen LogP) is 8.00. The lowest BCUT2D eigenvalue weighted by Gasteiger charge is -2.10. The molecule has 0 saturated carbocycles. The minimum Gasteiger partial charge on any atom is -0.473 e. The Morgan fingerprint density at radius 3 is 1.36 bits per heavy atom. The van der Waals surface area contributed by atoms with E-state index in [1.807, 2.05) is 12.1 Å². The monoisotopic (exact) mass is 458 g/mol. The summed E-state index contributed by atoms with van der Waals surface area (Å²) in [5, 5.41) is 0. The Morgan fingerprint density at radius 1 is 0.606 bits per heavy atom. The summed E-state index contributed by atoms with van der Waals surface area (Å²) in [6.07, 6.45) is 16.9. The van der Waals surface area contributed by atoms with Gasteiger partial charge in [0.2, 0.25) is 0 Å². The lowest BCUT2D eigenvalue weighted by Crippen LogP contribution is -2.15. The molecule has 0 spiro atoms. The first kappa shape index (κ1) is 28.5. The van der Waals surface area contributed by atoms with E-state index in [0.717, 1.165) is 25.7 Å². The number of furan rings is 1. The zero-order valence-electron chi connectivity index (χ0n) is 20.6. The summed E-state index contributed by atoms with van der Waals surface area (Å²) < 4.78 is 15.3. The van der Waals surface area contributed by atoms with Crippen LogP contribution in [-0.4, -0.2) is 25.2 Å². The van der Waals surface area contributed by atoms with Crippen molar-refractivity contribution in [1.29, 1.82) is 0 Å². The van der Waals surface area contributed by atoms with Gasteiger partial charge in [0, 0.05) is 0 Å². The van der Waals surface area contributed by atoms with E-state index in [2.05, 4.69) is 18.3 Å². The molecule has 0 unspecified atom stereocenters. The topological polar surface area (TPSA) is 65.7 Å². The average molecular weight is 459 g/mol. The molecule has 0 amide bonds. The van der Waals surface area contributed by atoms with Crippen LogP contribution in [0.25, 0.3) is 0 Å². The summed E-state index contributed by atoms with van der Waals surface area (Å²) in [5.74, 6) is -0.888. The fourth-order valence-electron chi connectivity index (χ4n) is 3.32. The summed E-state index contributed by atoms with van der Waals surface area (Å²) in [6.45, 7) is 5.17. The molecular weight excluding hydrogens is 416 g/mol. The number of benzene rings is 1. The zero-order chi connectivity index (χ0) is 24.0. The maximum Gasteiger partial charge on any atom is 0.339 e. The molecule has 0 bridgehead atoms. The number of ether oxygens (including phenoxy) is 2. The standard InChI is InChI=1S/C24H38O4.C4H4O/c1-3-5-7-9-11-15-19-27-23(25)21-17-13-14-18-22(21)24(26)28-20-16-12-10-8-6-4-2;1-2-4-5-3-1/h13-14,17-18H,3-12,15-16,19-20H2,1-2H3;1-4H. The fourth-order valence-corrected chi connectivity index (χ4v) is 3.32. The summed E-state index contributed by atoms with van der Waals surface area (Å²) in [7, 11) is 0. The van der Waals surface area contributed by atoms with Gasteiger partial charge in [-0.15, -0.1) is 0 Å². The fraction of sp³-hybridized carbons (Fsp3) is 0.571. The van der Waals surface area contributed by atoms with Crippen molar-refractivity contribution in [3.8, 4) is 0 Å². The molecule has 0 aliphatic rings. The van der Waals surface area contributed by atoms with Gasteiger partial charge in [0.1, 0.15) is 0 Å². The number of esters is 2. The molecule has 0 saturated heterocycles. The second-order valence-corrected chi connectivity index (χ2v) is 8.15. The largest absolute Gasteiger partial charge is 0.473 e.